The average Bonchev–Trinajstić information content (AvgIpc) is 2.66. The fourth-order valence-electron chi connectivity index (χ4n) is 1.75. The van der Waals surface area contributed by atoms with E-state index in [-0.39, 0.29) is 6.10 Å². The molecule has 112 valence electrons. The van der Waals surface area contributed by atoms with Crippen LogP contribution in [-0.4, -0.2) is 44.9 Å². The van der Waals surface area contributed by atoms with Crippen molar-refractivity contribution in [3.63, 3.8) is 0 Å². The number of hydrogen-bond acceptors (Lipinski definition) is 4. The van der Waals surface area contributed by atoms with Gasteiger partial charge in [-0.15, -0.1) is 0 Å². The van der Waals surface area contributed by atoms with Crippen LogP contribution in [0.4, 0.5) is 0 Å². The van der Waals surface area contributed by atoms with Crippen molar-refractivity contribution in [1.29, 1.82) is 0 Å². The van der Waals surface area contributed by atoms with Crippen molar-refractivity contribution in [3.05, 3.63) is 48.0 Å². The van der Waals surface area contributed by atoms with Crippen molar-refractivity contribution in [2.45, 2.75) is 12.7 Å². The summed E-state index contributed by atoms with van der Waals surface area (Å²) in [5.41, 5.74) is 2.29. The molecule has 1 N–H and O–H groups in total. The number of nitrogens with one attached hydrogen (secondary N) is 1. The van der Waals surface area contributed by atoms with Gasteiger partial charge in [0.15, 0.2) is 0 Å². The van der Waals surface area contributed by atoms with Crippen LogP contribution in [-0.2, 0) is 16.1 Å². The van der Waals surface area contributed by atoms with Crippen LogP contribution in [0.3, 0.4) is 0 Å². The SMILES string of the molecule is C=C1CNC[C@@H](COCc2ccccc2)OC1.CSC. The van der Waals surface area contributed by atoms with Gasteiger partial charge < -0.3 is 14.8 Å². The molecule has 0 radical (unpaired) electrons. The van der Waals surface area contributed by atoms with Crippen LogP contribution < -0.4 is 5.32 Å². The van der Waals surface area contributed by atoms with Gasteiger partial charge in [0.05, 0.1) is 25.9 Å². The van der Waals surface area contributed by atoms with E-state index in [0.29, 0.717) is 19.8 Å². The summed E-state index contributed by atoms with van der Waals surface area (Å²) in [6.07, 6.45) is 4.21. The Labute approximate surface area is 126 Å². The molecular formula is C16H25NO2S. The molecule has 1 saturated heterocycles. The third kappa shape index (κ3) is 7.70. The molecule has 20 heavy (non-hydrogen) atoms. The Morgan fingerprint density at radius 1 is 1.35 bits per heavy atom. The predicted octanol–water partition coefficient (Wildman–Crippen LogP) is 2.73. The lowest BCUT2D eigenvalue weighted by atomic mass is 10.2. The Morgan fingerprint density at radius 3 is 2.75 bits per heavy atom. The highest BCUT2D eigenvalue weighted by Gasteiger charge is 2.13. The minimum atomic E-state index is 0.123. The molecule has 2 rings (SSSR count). The monoisotopic (exact) mass is 295 g/mol. The van der Waals surface area contributed by atoms with E-state index < -0.39 is 0 Å². The molecule has 0 amide bonds. The van der Waals surface area contributed by atoms with E-state index in [1.807, 2.05) is 30.7 Å². The second-order valence-electron chi connectivity index (χ2n) is 4.72. The van der Waals surface area contributed by atoms with Gasteiger partial charge in [-0.1, -0.05) is 36.9 Å². The standard InChI is InChI=1S/C14H19NO2.C2H6S/c1-12-7-15-8-14(17-9-12)11-16-10-13-5-3-2-4-6-13;1-3-2/h2-6,14-15H,1,7-11H2;1-2H3/t14-;/m0./s1. The maximum atomic E-state index is 5.67. The molecule has 0 unspecified atom stereocenters. The zero-order valence-corrected chi connectivity index (χ0v) is 13.2. The summed E-state index contributed by atoms with van der Waals surface area (Å²) in [7, 11) is 0. The van der Waals surface area contributed by atoms with Gasteiger partial charge in [0.1, 0.15) is 0 Å². The molecule has 1 aromatic carbocycles. The predicted molar refractivity (Wildman–Crippen MR) is 87.3 cm³/mol. The lowest BCUT2D eigenvalue weighted by Gasteiger charge is -2.14. The third-order valence-corrected chi connectivity index (χ3v) is 2.69. The summed E-state index contributed by atoms with van der Waals surface area (Å²) in [5.74, 6) is 0. The van der Waals surface area contributed by atoms with Crippen LogP contribution >= 0.6 is 11.8 Å². The van der Waals surface area contributed by atoms with Crippen molar-refractivity contribution < 1.29 is 9.47 Å². The van der Waals surface area contributed by atoms with Crippen LogP contribution in [0.15, 0.2) is 42.5 Å². The molecule has 1 atom stereocenters. The van der Waals surface area contributed by atoms with Gasteiger partial charge in [-0.3, -0.25) is 0 Å². The minimum Gasteiger partial charge on any atom is -0.374 e. The molecule has 0 saturated carbocycles. The maximum Gasteiger partial charge on any atom is 0.0937 e. The first-order valence-electron chi connectivity index (χ1n) is 6.77. The van der Waals surface area contributed by atoms with E-state index in [9.17, 15) is 0 Å². The zero-order chi connectivity index (χ0) is 14.6. The molecule has 1 heterocycles. The smallest absolute Gasteiger partial charge is 0.0937 e. The van der Waals surface area contributed by atoms with Crippen LogP contribution in [0.25, 0.3) is 0 Å². The van der Waals surface area contributed by atoms with E-state index in [2.05, 4.69) is 24.0 Å². The van der Waals surface area contributed by atoms with Gasteiger partial charge in [-0.2, -0.15) is 11.8 Å². The Bertz CT molecular complexity index is 370. The minimum absolute atomic E-state index is 0.123. The molecule has 1 aromatic rings. The fraction of sp³-hybridized carbons (Fsp3) is 0.500. The van der Waals surface area contributed by atoms with Crippen LogP contribution in [0, 0.1) is 0 Å². The molecular weight excluding hydrogens is 270 g/mol. The topological polar surface area (TPSA) is 30.5 Å². The van der Waals surface area contributed by atoms with E-state index in [1.54, 1.807) is 11.8 Å². The molecule has 1 fully saturated rings. The fourth-order valence-corrected chi connectivity index (χ4v) is 1.75. The van der Waals surface area contributed by atoms with Crippen LogP contribution in [0.5, 0.6) is 0 Å². The first kappa shape index (κ1) is 17.2. The van der Waals surface area contributed by atoms with Crippen molar-refractivity contribution in [2.75, 3.05) is 38.8 Å². The van der Waals surface area contributed by atoms with Gasteiger partial charge in [0, 0.05) is 13.1 Å². The summed E-state index contributed by atoms with van der Waals surface area (Å²) < 4.78 is 11.3. The highest BCUT2D eigenvalue weighted by Crippen LogP contribution is 2.05. The highest BCUT2D eigenvalue weighted by molar-refractivity contribution is 7.97. The van der Waals surface area contributed by atoms with Gasteiger partial charge in [0.2, 0.25) is 0 Å². The molecule has 0 spiro atoms. The van der Waals surface area contributed by atoms with Gasteiger partial charge in [-0.25, -0.2) is 0 Å². The first-order chi connectivity index (χ1) is 9.76. The lowest BCUT2D eigenvalue weighted by molar-refractivity contribution is -0.00687. The van der Waals surface area contributed by atoms with Crippen molar-refractivity contribution >= 4 is 11.8 Å². The molecule has 0 bridgehead atoms. The lowest BCUT2D eigenvalue weighted by Crippen LogP contribution is -2.30. The Kier molecular flexibility index (Phi) is 9.41. The van der Waals surface area contributed by atoms with E-state index in [0.717, 1.165) is 18.7 Å². The van der Waals surface area contributed by atoms with Crippen molar-refractivity contribution in [1.82, 2.24) is 5.32 Å². The second-order valence-corrected chi connectivity index (χ2v) is 5.54. The quantitative estimate of drug-likeness (QED) is 0.865. The van der Waals surface area contributed by atoms with E-state index >= 15 is 0 Å². The number of benzene rings is 1. The number of rotatable bonds is 4. The molecule has 1 aliphatic heterocycles. The Balaban J connectivity index is 0.000000612. The van der Waals surface area contributed by atoms with Crippen LogP contribution in [0.1, 0.15) is 5.56 Å². The average molecular weight is 295 g/mol. The van der Waals surface area contributed by atoms with E-state index in [1.165, 1.54) is 5.56 Å². The Hall–Kier alpha value is -0.810. The molecule has 0 aromatic heterocycles. The third-order valence-electron chi connectivity index (χ3n) is 2.69. The first-order valence-corrected chi connectivity index (χ1v) is 8.40. The number of hydrogen-bond donors (Lipinski definition) is 1. The highest BCUT2D eigenvalue weighted by atomic mass is 32.2. The van der Waals surface area contributed by atoms with Crippen molar-refractivity contribution in [3.8, 4) is 0 Å². The molecule has 4 heteroatoms. The van der Waals surface area contributed by atoms with E-state index in [4.69, 9.17) is 9.47 Å². The van der Waals surface area contributed by atoms with Gasteiger partial charge in [0.25, 0.3) is 0 Å². The molecule has 1 aliphatic rings. The van der Waals surface area contributed by atoms with Gasteiger partial charge in [-0.05, 0) is 23.6 Å². The van der Waals surface area contributed by atoms with Gasteiger partial charge >= 0.3 is 0 Å². The number of thioether (sulfide) groups is 1. The van der Waals surface area contributed by atoms with Crippen LogP contribution in [0.2, 0.25) is 0 Å². The molecule has 0 aliphatic carbocycles. The normalized spacial score (nSPS) is 18.9. The summed E-state index contributed by atoms with van der Waals surface area (Å²) in [6, 6.07) is 10.2. The summed E-state index contributed by atoms with van der Waals surface area (Å²) in [5, 5.41) is 3.29. The zero-order valence-electron chi connectivity index (χ0n) is 12.4. The summed E-state index contributed by atoms with van der Waals surface area (Å²) in [4.78, 5) is 0. The largest absolute Gasteiger partial charge is 0.374 e. The maximum absolute atomic E-state index is 5.67. The van der Waals surface area contributed by atoms with Crippen molar-refractivity contribution in [2.24, 2.45) is 0 Å². The number of ether oxygens (including phenoxy) is 2. The summed E-state index contributed by atoms with van der Waals surface area (Å²) >= 11 is 1.75. The second kappa shape index (κ2) is 10.9. The Morgan fingerprint density at radius 2 is 2.05 bits per heavy atom. The summed E-state index contributed by atoms with van der Waals surface area (Å²) in [6.45, 7) is 7.47. The molecule has 3 nitrogen and oxygen atoms in total.